The van der Waals surface area contributed by atoms with Crippen LogP contribution < -0.4 is 10.1 Å². The first kappa shape index (κ1) is 22.7. The lowest BCUT2D eigenvalue weighted by atomic mass is 10.2. The van der Waals surface area contributed by atoms with Crippen molar-refractivity contribution in [2.75, 3.05) is 11.1 Å². The van der Waals surface area contributed by atoms with Gasteiger partial charge in [0.2, 0.25) is 5.91 Å². The number of halogens is 3. The van der Waals surface area contributed by atoms with Crippen LogP contribution in [-0.2, 0) is 4.79 Å². The molecule has 2 aromatic heterocycles. The molecule has 4 rings (SSSR count). The summed E-state index contributed by atoms with van der Waals surface area (Å²) in [5, 5.41) is 12.4. The van der Waals surface area contributed by atoms with Gasteiger partial charge in [-0.2, -0.15) is 8.78 Å². The molecule has 33 heavy (non-hydrogen) atoms. The van der Waals surface area contributed by atoms with Gasteiger partial charge in [-0.1, -0.05) is 23.4 Å². The number of aromatic nitrogens is 4. The molecule has 0 fully saturated rings. The van der Waals surface area contributed by atoms with Gasteiger partial charge in [-0.05, 0) is 60.7 Å². The SMILES string of the molecule is O=C(CSc1nnc(-c2ccncc2)n1-c1ccc(Cl)cc1)Nc1ccc(OC(F)F)cc1. The van der Waals surface area contributed by atoms with Crippen molar-refractivity contribution in [2.45, 2.75) is 11.8 Å². The van der Waals surface area contributed by atoms with Crippen molar-refractivity contribution in [3.8, 4) is 22.8 Å². The molecule has 4 aromatic rings. The zero-order chi connectivity index (χ0) is 23.2. The van der Waals surface area contributed by atoms with Crippen LogP contribution >= 0.6 is 23.4 Å². The predicted octanol–water partition coefficient (Wildman–Crippen LogP) is 5.31. The Labute approximate surface area is 196 Å². The molecule has 2 aromatic carbocycles. The van der Waals surface area contributed by atoms with E-state index in [0.29, 0.717) is 21.7 Å². The lowest BCUT2D eigenvalue weighted by Gasteiger charge is -2.11. The number of rotatable bonds is 8. The summed E-state index contributed by atoms with van der Waals surface area (Å²) in [6.07, 6.45) is 3.32. The number of thioether (sulfide) groups is 1. The van der Waals surface area contributed by atoms with Crippen molar-refractivity contribution < 1.29 is 18.3 Å². The second-order valence-electron chi connectivity index (χ2n) is 6.59. The minimum absolute atomic E-state index is 0.0112. The first-order valence-electron chi connectivity index (χ1n) is 9.59. The summed E-state index contributed by atoms with van der Waals surface area (Å²) in [5.41, 5.74) is 2.06. The zero-order valence-corrected chi connectivity index (χ0v) is 18.4. The zero-order valence-electron chi connectivity index (χ0n) is 16.9. The van der Waals surface area contributed by atoms with E-state index in [9.17, 15) is 13.6 Å². The average Bonchev–Trinajstić information content (AvgIpc) is 3.24. The van der Waals surface area contributed by atoms with Gasteiger partial charge in [0.15, 0.2) is 11.0 Å². The Morgan fingerprint density at radius 3 is 2.39 bits per heavy atom. The third-order valence-electron chi connectivity index (χ3n) is 4.35. The van der Waals surface area contributed by atoms with Crippen molar-refractivity contribution in [3.05, 3.63) is 78.1 Å². The van der Waals surface area contributed by atoms with Gasteiger partial charge in [-0.25, -0.2) is 0 Å². The Morgan fingerprint density at radius 1 is 1.03 bits per heavy atom. The fraction of sp³-hybridized carbons (Fsp3) is 0.0909. The molecule has 1 N–H and O–H groups in total. The van der Waals surface area contributed by atoms with E-state index in [1.165, 1.54) is 36.0 Å². The highest BCUT2D eigenvalue weighted by molar-refractivity contribution is 7.99. The number of amides is 1. The summed E-state index contributed by atoms with van der Waals surface area (Å²) in [6.45, 7) is -2.91. The number of carbonyl (C=O) groups is 1. The van der Waals surface area contributed by atoms with Crippen LogP contribution in [0.3, 0.4) is 0 Å². The van der Waals surface area contributed by atoms with Crippen molar-refractivity contribution in [3.63, 3.8) is 0 Å². The summed E-state index contributed by atoms with van der Waals surface area (Å²) in [5.74, 6) is 0.366. The highest BCUT2D eigenvalue weighted by atomic mass is 35.5. The summed E-state index contributed by atoms with van der Waals surface area (Å²) in [7, 11) is 0. The van der Waals surface area contributed by atoms with Gasteiger partial charge in [0, 0.05) is 34.4 Å². The Kier molecular flexibility index (Phi) is 7.16. The molecule has 0 aliphatic heterocycles. The number of hydrogen-bond acceptors (Lipinski definition) is 6. The molecule has 0 radical (unpaired) electrons. The molecule has 11 heteroatoms. The Balaban J connectivity index is 1.50. The number of alkyl halides is 2. The maximum Gasteiger partial charge on any atom is 0.387 e. The van der Waals surface area contributed by atoms with Crippen LogP contribution in [-0.4, -0.2) is 38.0 Å². The standard InChI is InChI=1S/C22H16ClF2N5O2S/c23-15-1-5-17(6-2-15)30-20(14-9-11-26-12-10-14)28-29-22(30)33-13-19(31)27-16-3-7-18(8-4-16)32-21(24)25/h1-12,21H,13H2,(H,27,31). The molecule has 0 bridgehead atoms. The first-order chi connectivity index (χ1) is 16.0. The maximum atomic E-state index is 12.5. The number of pyridine rings is 1. The molecule has 7 nitrogen and oxygen atoms in total. The van der Waals surface area contributed by atoms with Gasteiger partial charge in [0.1, 0.15) is 5.75 Å². The highest BCUT2D eigenvalue weighted by Crippen LogP contribution is 2.28. The van der Waals surface area contributed by atoms with Crippen molar-refractivity contribution in [1.82, 2.24) is 19.7 Å². The van der Waals surface area contributed by atoms with E-state index in [-0.39, 0.29) is 17.4 Å². The minimum atomic E-state index is -2.91. The van der Waals surface area contributed by atoms with Crippen LogP contribution in [0.2, 0.25) is 5.02 Å². The number of ether oxygens (including phenoxy) is 1. The molecule has 0 atom stereocenters. The van der Waals surface area contributed by atoms with E-state index in [2.05, 4.69) is 25.2 Å². The molecule has 0 unspecified atom stereocenters. The molecule has 168 valence electrons. The molecule has 0 aliphatic carbocycles. The van der Waals surface area contributed by atoms with E-state index in [4.69, 9.17) is 11.6 Å². The van der Waals surface area contributed by atoms with E-state index in [1.54, 1.807) is 24.5 Å². The number of nitrogens with zero attached hydrogens (tertiary/aromatic N) is 4. The lowest BCUT2D eigenvalue weighted by Crippen LogP contribution is -2.14. The number of anilines is 1. The van der Waals surface area contributed by atoms with E-state index in [1.807, 2.05) is 28.8 Å². The van der Waals surface area contributed by atoms with E-state index in [0.717, 1.165) is 11.3 Å². The third-order valence-corrected chi connectivity index (χ3v) is 5.53. The molecule has 0 saturated carbocycles. The fourth-order valence-electron chi connectivity index (χ4n) is 2.92. The molecule has 0 saturated heterocycles. The normalized spacial score (nSPS) is 10.9. The second kappa shape index (κ2) is 10.4. The summed E-state index contributed by atoms with van der Waals surface area (Å²) in [6, 6.07) is 16.5. The van der Waals surface area contributed by atoms with Crippen molar-refractivity contribution in [2.24, 2.45) is 0 Å². The molecule has 0 aliphatic rings. The van der Waals surface area contributed by atoms with Crippen LogP contribution in [0.1, 0.15) is 0 Å². The topological polar surface area (TPSA) is 81.9 Å². The van der Waals surface area contributed by atoms with Gasteiger partial charge in [0.05, 0.1) is 5.75 Å². The number of benzene rings is 2. The Hall–Kier alpha value is -3.50. The number of hydrogen-bond donors (Lipinski definition) is 1. The van der Waals surface area contributed by atoms with Gasteiger partial charge < -0.3 is 10.1 Å². The minimum Gasteiger partial charge on any atom is -0.435 e. The third kappa shape index (κ3) is 5.85. The van der Waals surface area contributed by atoms with Gasteiger partial charge >= 0.3 is 6.61 Å². The summed E-state index contributed by atoms with van der Waals surface area (Å²) >= 11 is 7.24. The van der Waals surface area contributed by atoms with Crippen LogP contribution in [0.25, 0.3) is 17.1 Å². The largest absolute Gasteiger partial charge is 0.435 e. The molecule has 2 heterocycles. The quantitative estimate of drug-likeness (QED) is 0.339. The van der Waals surface area contributed by atoms with Crippen LogP contribution in [0, 0.1) is 0 Å². The van der Waals surface area contributed by atoms with Crippen LogP contribution in [0.15, 0.2) is 78.2 Å². The Bertz CT molecular complexity index is 1220. The average molecular weight is 488 g/mol. The number of nitrogens with one attached hydrogen (secondary N) is 1. The number of carbonyl (C=O) groups excluding carboxylic acids is 1. The van der Waals surface area contributed by atoms with Gasteiger partial charge in [-0.3, -0.25) is 14.3 Å². The van der Waals surface area contributed by atoms with Crippen LogP contribution in [0.4, 0.5) is 14.5 Å². The fourth-order valence-corrected chi connectivity index (χ4v) is 3.80. The van der Waals surface area contributed by atoms with Gasteiger partial charge in [-0.15, -0.1) is 10.2 Å². The van der Waals surface area contributed by atoms with E-state index < -0.39 is 6.61 Å². The summed E-state index contributed by atoms with van der Waals surface area (Å²) in [4.78, 5) is 16.5. The second-order valence-corrected chi connectivity index (χ2v) is 7.97. The molecular weight excluding hydrogens is 472 g/mol. The van der Waals surface area contributed by atoms with Gasteiger partial charge in [0.25, 0.3) is 0 Å². The molecular formula is C22H16ClF2N5O2S. The smallest absolute Gasteiger partial charge is 0.387 e. The predicted molar refractivity (Wildman–Crippen MR) is 122 cm³/mol. The lowest BCUT2D eigenvalue weighted by molar-refractivity contribution is -0.113. The van der Waals surface area contributed by atoms with Crippen LogP contribution in [0.5, 0.6) is 5.75 Å². The Morgan fingerprint density at radius 2 is 1.73 bits per heavy atom. The molecule has 1 amide bonds. The highest BCUT2D eigenvalue weighted by Gasteiger charge is 2.17. The first-order valence-corrected chi connectivity index (χ1v) is 11.0. The summed E-state index contributed by atoms with van der Waals surface area (Å²) < 4.78 is 30.7. The molecule has 0 spiro atoms. The van der Waals surface area contributed by atoms with Crippen molar-refractivity contribution in [1.29, 1.82) is 0 Å². The monoisotopic (exact) mass is 487 g/mol. The van der Waals surface area contributed by atoms with Crippen molar-refractivity contribution >= 4 is 35.0 Å². The van der Waals surface area contributed by atoms with E-state index >= 15 is 0 Å². The maximum absolute atomic E-state index is 12.5.